The van der Waals surface area contributed by atoms with E-state index in [9.17, 15) is 0 Å². The molecule has 1 aliphatic rings. The lowest BCUT2D eigenvalue weighted by Crippen LogP contribution is -2.20. The maximum Gasteiger partial charge on any atom is 0.218 e. The van der Waals surface area contributed by atoms with Gasteiger partial charge in [0.25, 0.3) is 0 Å². The Balaban J connectivity index is 1.54. The van der Waals surface area contributed by atoms with Crippen LogP contribution >= 0.6 is 23.1 Å². The molecule has 2 N–H and O–H groups in total. The van der Waals surface area contributed by atoms with Crippen LogP contribution in [-0.2, 0) is 6.54 Å². The number of aromatic nitrogens is 5. The maximum atomic E-state index is 6.26. The molecule has 5 heterocycles. The highest BCUT2D eigenvalue weighted by Gasteiger charge is 2.21. The van der Waals surface area contributed by atoms with Crippen LogP contribution in [0.15, 0.2) is 33.0 Å². The summed E-state index contributed by atoms with van der Waals surface area (Å²) in [5, 5.41) is 11.0. The molecule has 0 radical (unpaired) electrons. The zero-order valence-corrected chi connectivity index (χ0v) is 17.9. The van der Waals surface area contributed by atoms with Crippen LogP contribution < -0.4 is 5.84 Å². The Morgan fingerprint density at radius 3 is 2.79 bits per heavy atom. The Morgan fingerprint density at radius 1 is 1.21 bits per heavy atom. The quantitative estimate of drug-likeness (QED) is 0.381. The number of nitrogens with zero attached hydrogens (tertiary/aromatic N) is 6. The van der Waals surface area contributed by atoms with Gasteiger partial charge in [-0.2, -0.15) is 0 Å². The highest BCUT2D eigenvalue weighted by atomic mass is 32.2. The minimum absolute atomic E-state index is 0.485. The van der Waals surface area contributed by atoms with E-state index in [0.717, 1.165) is 40.7 Å². The van der Waals surface area contributed by atoms with Crippen molar-refractivity contribution in [3.63, 3.8) is 0 Å². The molecule has 150 valence electrons. The van der Waals surface area contributed by atoms with Crippen LogP contribution in [0.2, 0.25) is 0 Å². The number of nitrogen functional groups attached to an aromatic ring is 1. The average molecular weight is 428 g/mol. The van der Waals surface area contributed by atoms with Crippen LogP contribution in [0.25, 0.3) is 21.8 Å². The molecule has 4 aromatic rings. The molecular formula is C19H21N7OS2. The van der Waals surface area contributed by atoms with E-state index in [2.05, 4.69) is 28.9 Å². The lowest BCUT2D eigenvalue weighted by Gasteiger charge is -2.14. The second-order valence-electron chi connectivity index (χ2n) is 7.15. The van der Waals surface area contributed by atoms with Gasteiger partial charge < -0.3 is 10.3 Å². The van der Waals surface area contributed by atoms with Gasteiger partial charge in [-0.15, -0.1) is 21.5 Å². The molecule has 5 rings (SSSR count). The minimum Gasteiger partial charge on any atom is -0.461 e. The highest BCUT2D eigenvalue weighted by Crippen LogP contribution is 2.38. The number of rotatable bonds is 5. The van der Waals surface area contributed by atoms with Crippen molar-refractivity contribution in [1.29, 1.82) is 0 Å². The van der Waals surface area contributed by atoms with E-state index < -0.39 is 0 Å². The van der Waals surface area contributed by atoms with Crippen LogP contribution in [0, 0.1) is 13.8 Å². The van der Waals surface area contributed by atoms with E-state index in [4.69, 9.17) is 20.2 Å². The molecular weight excluding hydrogens is 406 g/mol. The molecule has 0 atom stereocenters. The van der Waals surface area contributed by atoms with Crippen molar-refractivity contribution in [3.05, 3.63) is 34.7 Å². The number of hydrogen-bond donors (Lipinski definition) is 1. The molecule has 29 heavy (non-hydrogen) atoms. The molecule has 1 fully saturated rings. The van der Waals surface area contributed by atoms with Crippen LogP contribution in [0.5, 0.6) is 0 Å². The zero-order chi connectivity index (χ0) is 20.0. The third-order valence-electron chi connectivity index (χ3n) is 5.20. The summed E-state index contributed by atoms with van der Waals surface area (Å²) >= 11 is 3.13. The number of thiophene rings is 1. The SMILES string of the molecule is Cc1sc2nc(CN3CCCC3)nc(Sc3nnc(-c4ccco4)n3N)c2c1C. The summed E-state index contributed by atoms with van der Waals surface area (Å²) in [7, 11) is 0. The van der Waals surface area contributed by atoms with Crippen LogP contribution in [-0.4, -0.2) is 42.8 Å². The number of hydrogen-bond acceptors (Lipinski definition) is 9. The Kier molecular flexibility index (Phi) is 4.76. The lowest BCUT2D eigenvalue weighted by molar-refractivity contribution is 0.322. The Morgan fingerprint density at radius 2 is 2.03 bits per heavy atom. The van der Waals surface area contributed by atoms with Crippen molar-refractivity contribution < 1.29 is 4.42 Å². The Bertz CT molecular complexity index is 1160. The fourth-order valence-corrected chi connectivity index (χ4v) is 5.60. The molecule has 0 spiro atoms. The van der Waals surface area contributed by atoms with Crippen molar-refractivity contribution >= 4 is 33.3 Å². The van der Waals surface area contributed by atoms with Crippen molar-refractivity contribution in [1.82, 2.24) is 29.7 Å². The predicted octanol–water partition coefficient (Wildman–Crippen LogP) is 3.62. The van der Waals surface area contributed by atoms with E-state index in [1.54, 1.807) is 23.7 Å². The van der Waals surface area contributed by atoms with E-state index >= 15 is 0 Å². The van der Waals surface area contributed by atoms with E-state index in [-0.39, 0.29) is 0 Å². The third kappa shape index (κ3) is 3.41. The first-order chi connectivity index (χ1) is 14.1. The predicted molar refractivity (Wildman–Crippen MR) is 113 cm³/mol. The summed E-state index contributed by atoms with van der Waals surface area (Å²) in [6.07, 6.45) is 4.08. The first-order valence-corrected chi connectivity index (χ1v) is 11.1. The smallest absolute Gasteiger partial charge is 0.218 e. The molecule has 0 unspecified atom stereocenters. The van der Waals surface area contributed by atoms with Gasteiger partial charge in [-0.1, -0.05) is 0 Å². The van der Waals surface area contributed by atoms with Crippen LogP contribution in [0.1, 0.15) is 29.1 Å². The number of nitrogens with two attached hydrogens (primary N) is 1. The lowest BCUT2D eigenvalue weighted by atomic mass is 10.2. The topological polar surface area (TPSA) is 98.9 Å². The van der Waals surface area contributed by atoms with Crippen molar-refractivity contribution in [2.75, 3.05) is 18.9 Å². The Labute approximate surface area is 176 Å². The zero-order valence-electron chi connectivity index (χ0n) is 16.3. The van der Waals surface area contributed by atoms with E-state index in [1.807, 2.05) is 6.07 Å². The maximum absolute atomic E-state index is 6.26. The van der Waals surface area contributed by atoms with Crippen molar-refractivity contribution in [3.8, 4) is 11.6 Å². The van der Waals surface area contributed by atoms with Gasteiger partial charge in [0.1, 0.15) is 15.7 Å². The summed E-state index contributed by atoms with van der Waals surface area (Å²) in [6, 6.07) is 3.61. The number of likely N-dealkylation sites (tertiary alicyclic amines) is 1. The summed E-state index contributed by atoms with van der Waals surface area (Å²) in [6.45, 7) is 7.22. The first kappa shape index (κ1) is 18.6. The average Bonchev–Trinajstić information content (AvgIpc) is 3.47. The fraction of sp³-hybridized carbons (Fsp3) is 0.368. The van der Waals surface area contributed by atoms with Crippen LogP contribution in [0.3, 0.4) is 0 Å². The molecule has 10 heteroatoms. The van der Waals surface area contributed by atoms with Gasteiger partial charge in [-0.25, -0.2) is 14.6 Å². The minimum atomic E-state index is 0.485. The second-order valence-corrected chi connectivity index (χ2v) is 9.31. The van der Waals surface area contributed by atoms with Crippen molar-refractivity contribution in [2.45, 2.75) is 43.4 Å². The van der Waals surface area contributed by atoms with Crippen LogP contribution in [0.4, 0.5) is 0 Å². The normalized spacial score (nSPS) is 15.0. The van der Waals surface area contributed by atoms with E-state index in [0.29, 0.717) is 16.7 Å². The van der Waals surface area contributed by atoms with Crippen molar-refractivity contribution in [2.24, 2.45) is 0 Å². The third-order valence-corrected chi connectivity index (χ3v) is 7.25. The summed E-state index contributed by atoms with van der Waals surface area (Å²) in [5.74, 6) is 8.17. The van der Waals surface area contributed by atoms with Gasteiger partial charge in [0.05, 0.1) is 12.8 Å². The number of fused-ring (bicyclic) bond motifs is 1. The Hall–Kier alpha value is -2.43. The molecule has 4 aromatic heterocycles. The molecule has 8 nitrogen and oxygen atoms in total. The standard InChI is InChI=1S/C19H21N7OS2/c1-11-12(2)28-17-15(11)18(22-14(21-17)10-25-7-3-4-8-25)29-19-24-23-16(26(19)20)13-6-5-9-27-13/h5-6,9H,3-4,7-8,10,20H2,1-2H3. The molecule has 0 bridgehead atoms. The number of aryl methyl sites for hydroxylation is 2. The largest absolute Gasteiger partial charge is 0.461 e. The first-order valence-electron chi connectivity index (χ1n) is 9.51. The van der Waals surface area contributed by atoms with Gasteiger partial charge >= 0.3 is 0 Å². The molecule has 1 aliphatic heterocycles. The molecule has 0 saturated carbocycles. The second kappa shape index (κ2) is 7.43. The summed E-state index contributed by atoms with van der Waals surface area (Å²) in [4.78, 5) is 14.4. The van der Waals surface area contributed by atoms with Gasteiger partial charge in [0, 0.05) is 10.3 Å². The van der Waals surface area contributed by atoms with Gasteiger partial charge in [0.2, 0.25) is 11.0 Å². The molecule has 0 amide bonds. The summed E-state index contributed by atoms with van der Waals surface area (Å²) < 4.78 is 6.86. The molecule has 0 aromatic carbocycles. The molecule has 1 saturated heterocycles. The van der Waals surface area contributed by atoms with E-state index in [1.165, 1.54) is 39.7 Å². The summed E-state index contributed by atoms with van der Waals surface area (Å²) in [5.41, 5.74) is 1.20. The fourth-order valence-electron chi connectivity index (χ4n) is 3.55. The molecule has 0 aliphatic carbocycles. The number of furan rings is 1. The monoisotopic (exact) mass is 427 g/mol. The van der Waals surface area contributed by atoms with Gasteiger partial charge in [-0.3, -0.25) is 4.90 Å². The van der Waals surface area contributed by atoms with Gasteiger partial charge in [0.15, 0.2) is 5.76 Å². The highest BCUT2D eigenvalue weighted by molar-refractivity contribution is 7.99. The van der Waals surface area contributed by atoms with Gasteiger partial charge in [-0.05, 0) is 69.2 Å².